The van der Waals surface area contributed by atoms with Crippen molar-refractivity contribution < 1.29 is 8.42 Å². The Morgan fingerprint density at radius 2 is 2.06 bits per heavy atom. The van der Waals surface area contributed by atoms with Gasteiger partial charge in [0.15, 0.2) is 0 Å². The van der Waals surface area contributed by atoms with Gasteiger partial charge in [-0.25, -0.2) is 13.1 Å². The van der Waals surface area contributed by atoms with Crippen LogP contribution < -0.4 is 10.5 Å². The van der Waals surface area contributed by atoms with Crippen molar-refractivity contribution in [3.8, 4) is 0 Å². The van der Waals surface area contributed by atoms with Crippen LogP contribution in [0.1, 0.15) is 20.3 Å². The molecule has 0 aliphatic heterocycles. The number of anilines is 1. The minimum Gasteiger partial charge on any atom is -0.398 e. The van der Waals surface area contributed by atoms with E-state index in [0.717, 1.165) is 17.1 Å². The second kappa shape index (κ2) is 6.28. The van der Waals surface area contributed by atoms with Crippen LogP contribution in [-0.2, 0) is 10.0 Å². The number of benzene rings is 1. The van der Waals surface area contributed by atoms with E-state index in [1.165, 1.54) is 6.07 Å². The van der Waals surface area contributed by atoms with Gasteiger partial charge in [-0.15, -0.1) is 11.8 Å². The molecular weight excluding hydrogens is 256 g/mol. The standard InChI is InChI=1S/C11H18N2O2S2/c1-3-7-16-11-8-9(5-6-10(11)12)17(14,15)13-4-2/h5-6,8,13H,3-4,7,12H2,1-2H3. The van der Waals surface area contributed by atoms with E-state index in [9.17, 15) is 8.42 Å². The summed E-state index contributed by atoms with van der Waals surface area (Å²) in [7, 11) is -3.39. The van der Waals surface area contributed by atoms with Crippen molar-refractivity contribution >= 4 is 27.5 Å². The van der Waals surface area contributed by atoms with Crippen molar-refractivity contribution in [2.75, 3.05) is 18.0 Å². The third-order valence-corrected chi connectivity index (χ3v) is 4.91. The summed E-state index contributed by atoms with van der Waals surface area (Å²) in [4.78, 5) is 1.10. The fraction of sp³-hybridized carbons (Fsp3) is 0.455. The minimum absolute atomic E-state index is 0.271. The molecule has 0 spiro atoms. The van der Waals surface area contributed by atoms with Crippen molar-refractivity contribution in [1.82, 2.24) is 4.72 Å². The molecule has 4 nitrogen and oxygen atoms in total. The van der Waals surface area contributed by atoms with Crippen LogP contribution >= 0.6 is 11.8 Å². The Kier molecular flexibility index (Phi) is 5.30. The molecule has 0 radical (unpaired) electrons. The van der Waals surface area contributed by atoms with Gasteiger partial charge in [0.2, 0.25) is 10.0 Å². The molecule has 0 atom stereocenters. The third-order valence-electron chi connectivity index (χ3n) is 2.09. The predicted molar refractivity (Wildman–Crippen MR) is 72.7 cm³/mol. The second-order valence-electron chi connectivity index (χ2n) is 3.55. The van der Waals surface area contributed by atoms with Crippen LogP contribution in [0.5, 0.6) is 0 Å². The fourth-order valence-electron chi connectivity index (χ4n) is 1.29. The van der Waals surface area contributed by atoms with Crippen LogP contribution in [0.25, 0.3) is 0 Å². The Balaban J connectivity index is 3.03. The van der Waals surface area contributed by atoms with E-state index < -0.39 is 10.0 Å². The highest BCUT2D eigenvalue weighted by atomic mass is 32.2. The quantitative estimate of drug-likeness (QED) is 0.615. The molecule has 0 saturated carbocycles. The molecule has 1 aromatic carbocycles. The van der Waals surface area contributed by atoms with Crippen molar-refractivity contribution in [2.24, 2.45) is 0 Å². The first-order valence-electron chi connectivity index (χ1n) is 5.53. The molecular formula is C11H18N2O2S2. The van der Waals surface area contributed by atoms with Gasteiger partial charge in [0.1, 0.15) is 0 Å². The SMILES string of the molecule is CCCSc1cc(S(=O)(=O)NCC)ccc1N. The minimum atomic E-state index is -3.39. The molecule has 0 bridgehead atoms. The van der Waals surface area contributed by atoms with Gasteiger partial charge in [-0.3, -0.25) is 0 Å². The van der Waals surface area contributed by atoms with Crippen molar-refractivity contribution in [1.29, 1.82) is 0 Å². The molecule has 0 fully saturated rings. The molecule has 0 saturated heterocycles. The summed E-state index contributed by atoms with van der Waals surface area (Å²) in [6, 6.07) is 4.80. The molecule has 0 aromatic heterocycles. The molecule has 0 aliphatic carbocycles. The molecule has 1 rings (SSSR count). The van der Waals surface area contributed by atoms with E-state index in [-0.39, 0.29) is 4.90 Å². The summed E-state index contributed by atoms with van der Waals surface area (Å²) < 4.78 is 26.1. The topological polar surface area (TPSA) is 72.2 Å². The number of nitrogens with two attached hydrogens (primary N) is 1. The van der Waals surface area contributed by atoms with E-state index >= 15 is 0 Å². The van der Waals surface area contributed by atoms with Gasteiger partial charge in [-0.1, -0.05) is 13.8 Å². The number of sulfonamides is 1. The Bertz CT molecular complexity index is 472. The third kappa shape index (κ3) is 3.90. The first-order chi connectivity index (χ1) is 8.01. The number of hydrogen-bond donors (Lipinski definition) is 2. The monoisotopic (exact) mass is 274 g/mol. The Morgan fingerprint density at radius 1 is 1.35 bits per heavy atom. The highest BCUT2D eigenvalue weighted by Crippen LogP contribution is 2.28. The second-order valence-corrected chi connectivity index (χ2v) is 6.45. The maximum absolute atomic E-state index is 11.8. The molecule has 6 heteroatoms. The van der Waals surface area contributed by atoms with E-state index in [2.05, 4.69) is 11.6 Å². The number of nitrogens with one attached hydrogen (secondary N) is 1. The van der Waals surface area contributed by atoms with Crippen LogP contribution in [0.15, 0.2) is 28.0 Å². The molecule has 0 heterocycles. The average Bonchev–Trinajstić information content (AvgIpc) is 2.27. The molecule has 96 valence electrons. The summed E-state index contributed by atoms with van der Waals surface area (Å²) >= 11 is 1.58. The Morgan fingerprint density at radius 3 is 2.65 bits per heavy atom. The molecule has 0 amide bonds. The van der Waals surface area contributed by atoms with Crippen LogP contribution in [0.4, 0.5) is 5.69 Å². The van der Waals surface area contributed by atoms with E-state index in [0.29, 0.717) is 12.2 Å². The molecule has 0 unspecified atom stereocenters. The average molecular weight is 274 g/mol. The first-order valence-corrected chi connectivity index (χ1v) is 8.00. The molecule has 1 aromatic rings. The van der Waals surface area contributed by atoms with Crippen molar-refractivity contribution in [3.05, 3.63) is 18.2 Å². The van der Waals surface area contributed by atoms with E-state index in [4.69, 9.17) is 5.73 Å². The molecule has 0 aliphatic rings. The van der Waals surface area contributed by atoms with E-state index in [1.54, 1.807) is 30.8 Å². The smallest absolute Gasteiger partial charge is 0.240 e. The maximum Gasteiger partial charge on any atom is 0.240 e. The largest absolute Gasteiger partial charge is 0.398 e. The highest BCUT2D eigenvalue weighted by Gasteiger charge is 2.14. The number of thioether (sulfide) groups is 1. The van der Waals surface area contributed by atoms with Gasteiger partial charge in [-0.2, -0.15) is 0 Å². The predicted octanol–water partition coefficient (Wildman–Crippen LogP) is 2.07. The van der Waals surface area contributed by atoms with E-state index in [1.807, 2.05) is 0 Å². The normalized spacial score (nSPS) is 11.6. The lowest BCUT2D eigenvalue weighted by atomic mass is 10.3. The summed E-state index contributed by atoms with van der Waals surface area (Å²) in [6.45, 7) is 4.20. The van der Waals surface area contributed by atoms with Crippen molar-refractivity contribution in [2.45, 2.75) is 30.1 Å². The van der Waals surface area contributed by atoms with Crippen LogP contribution in [0, 0.1) is 0 Å². The van der Waals surface area contributed by atoms with Gasteiger partial charge in [0.05, 0.1) is 4.90 Å². The van der Waals surface area contributed by atoms with Crippen LogP contribution in [0.3, 0.4) is 0 Å². The lowest BCUT2D eigenvalue weighted by Crippen LogP contribution is -2.23. The van der Waals surface area contributed by atoms with Crippen LogP contribution in [0.2, 0.25) is 0 Å². The number of hydrogen-bond acceptors (Lipinski definition) is 4. The zero-order valence-corrected chi connectivity index (χ0v) is 11.7. The fourth-order valence-corrected chi connectivity index (χ4v) is 3.30. The summed E-state index contributed by atoms with van der Waals surface area (Å²) in [6.07, 6.45) is 1.02. The van der Waals surface area contributed by atoms with Gasteiger partial charge >= 0.3 is 0 Å². The van der Waals surface area contributed by atoms with Gasteiger partial charge < -0.3 is 5.73 Å². The lowest BCUT2D eigenvalue weighted by molar-refractivity contribution is 0.583. The number of rotatable bonds is 6. The summed E-state index contributed by atoms with van der Waals surface area (Å²) in [5, 5.41) is 0. The Hall–Kier alpha value is -0.720. The zero-order chi connectivity index (χ0) is 12.9. The summed E-state index contributed by atoms with van der Waals surface area (Å²) in [5.41, 5.74) is 6.44. The van der Waals surface area contributed by atoms with Crippen molar-refractivity contribution in [3.63, 3.8) is 0 Å². The lowest BCUT2D eigenvalue weighted by Gasteiger charge is -2.09. The first kappa shape index (κ1) is 14.3. The maximum atomic E-state index is 11.8. The van der Waals surface area contributed by atoms with Gasteiger partial charge in [0.25, 0.3) is 0 Å². The molecule has 17 heavy (non-hydrogen) atoms. The Labute approximate surface area is 107 Å². The highest BCUT2D eigenvalue weighted by molar-refractivity contribution is 7.99. The summed E-state index contributed by atoms with van der Waals surface area (Å²) in [5.74, 6) is 0.926. The van der Waals surface area contributed by atoms with Crippen LogP contribution in [-0.4, -0.2) is 20.7 Å². The zero-order valence-electron chi connectivity index (χ0n) is 10.1. The number of nitrogen functional groups attached to an aromatic ring is 1. The molecule has 3 N–H and O–H groups in total. The van der Waals surface area contributed by atoms with Gasteiger partial charge in [0, 0.05) is 17.1 Å². The van der Waals surface area contributed by atoms with Gasteiger partial charge in [-0.05, 0) is 30.4 Å².